The topological polar surface area (TPSA) is 65.5 Å². The van der Waals surface area contributed by atoms with Crippen molar-refractivity contribution in [2.24, 2.45) is 5.92 Å². The zero-order valence-corrected chi connectivity index (χ0v) is 11.5. The standard InChI is InChI=1S/C14H21N3O2/c1-10-6-13(12(8-15-10)14(18)19)16-7-11-4-3-5-17(2)9-11/h6,8,11H,3-5,7,9H2,1-2H3,(H,15,16)(H,18,19). The van der Waals surface area contributed by atoms with Gasteiger partial charge in [0.05, 0.1) is 5.69 Å². The minimum absolute atomic E-state index is 0.245. The second kappa shape index (κ2) is 6.02. The zero-order valence-electron chi connectivity index (χ0n) is 11.5. The van der Waals surface area contributed by atoms with Crippen LogP contribution in [0.3, 0.4) is 0 Å². The molecule has 104 valence electrons. The van der Waals surface area contributed by atoms with Gasteiger partial charge in [-0.1, -0.05) is 0 Å². The molecule has 1 aromatic heterocycles. The number of hydrogen-bond donors (Lipinski definition) is 2. The Labute approximate surface area is 113 Å². The quantitative estimate of drug-likeness (QED) is 0.867. The van der Waals surface area contributed by atoms with Crippen LogP contribution in [0.5, 0.6) is 0 Å². The van der Waals surface area contributed by atoms with Crippen molar-refractivity contribution in [1.29, 1.82) is 0 Å². The van der Waals surface area contributed by atoms with Gasteiger partial charge in [0.15, 0.2) is 0 Å². The molecule has 0 amide bonds. The van der Waals surface area contributed by atoms with Gasteiger partial charge in [-0.15, -0.1) is 0 Å². The van der Waals surface area contributed by atoms with Gasteiger partial charge in [0, 0.05) is 25.0 Å². The van der Waals surface area contributed by atoms with E-state index in [4.69, 9.17) is 5.11 Å². The molecule has 1 unspecified atom stereocenters. The molecule has 0 aliphatic carbocycles. The number of aryl methyl sites for hydroxylation is 1. The van der Waals surface area contributed by atoms with E-state index in [0.717, 1.165) is 25.3 Å². The molecule has 2 N–H and O–H groups in total. The molecule has 1 aromatic rings. The number of carboxylic acid groups (broad SMARTS) is 1. The summed E-state index contributed by atoms with van der Waals surface area (Å²) >= 11 is 0. The Kier molecular flexibility index (Phi) is 4.37. The summed E-state index contributed by atoms with van der Waals surface area (Å²) in [5.74, 6) is -0.357. The maximum absolute atomic E-state index is 11.1. The third-order valence-electron chi connectivity index (χ3n) is 3.57. The highest BCUT2D eigenvalue weighted by Gasteiger charge is 2.18. The molecule has 2 rings (SSSR count). The lowest BCUT2D eigenvalue weighted by molar-refractivity contribution is 0.0697. The predicted octanol–water partition coefficient (Wildman–Crippen LogP) is 1.84. The van der Waals surface area contributed by atoms with Gasteiger partial charge in [0.2, 0.25) is 0 Å². The summed E-state index contributed by atoms with van der Waals surface area (Å²) in [6, 6.07) is 1.80. The molecule has 0 bridgehead atoms. The highest BCUT2D eigenvalue weighted by atomic mass is 16.4. The van der Waals surface area contributed by atoms with Gasteiger partial charge >= 0.3 is 5.97 Å². The highest BCUT2D eigenvalue weighted by molar-refractivity contribution is 5.93. The Morgan fingerprint density at radius 2 is 2.42 bits per heavy atom. The van der Waals surface area contributed by atoms with E-state index in [1.54, 1.807) is 6.07 Å². The summed E-state index contributed by atoms with van der Waals surface area (Å²) < 4.78 is 0. The number of pyridine rings is 1. The Morgan fingerprint density at radius 3 is 3.11 bits per heavy atom. The lowest BCUT2D eigenvalue weighted by Gasteiger charge is -2.30. The number of hydrogen-bond acceptors (Lipinski definition) is 4. The van der Waals surface area contributed by atoms with Crippen LogP contribution < -0.4 is 5.32 Å². The second-order valence-corrected chi connectivity index (χ2v) is 5.33. The van der Waals surface area contributed by atoms with Crippen molar-refractivity contribution in [3.8, 4) is 0 Å². The van der Waals surface area contributed by atoms with Crippen LogP contribution in [0.4, 0.5) is 5.69 Å². The van der Waals surface area contributed by atoms with Crippen LogP contribution in [-0.4, -0.2) is 47.6 Å². The zero-order chi connectivity index (χ0) is 13.8. The number of carboxylic acids is 1. The summed E-state index contributed by atoms with van der Waals surface area (Å²) in [4.78, 5) is 17.5. The van der Waals surface area contributed by atoms with Crippen molar-refractivity contribution in [3.05, 3.63) is 23.5 Å². The third-order valence-corrected chi connectivity index (χ3v) is 3.57. The van der Waals surface area contributed by atoms with Crippen LogP contribution in [0.1, 0.15) is 28.9 Å². The summed E-state index contributed by atoms with van der Waals surface area (Å²) in [6.45, 7) is 4.91. The van der Waals surface area contributed by atoms with Gasteiger partial charge in [-0.05, 0) is 45.3 Å². The normalized spacial score (nSPS) is 20.2. The average molecular weight is 263 g/mol. The Balaban J connectivity index is 2.02. The maximum atomic E-state index is 11.1. The molecule has 0 radical (unpaired) electrons. The van der Waals surface area contributed by atoms with Crippen LogP contribution in [0.15, 0.2) is 12.3 Å². The largest absolute Gasteiger partial charge is 0.478 e. The number of anilines is 1. The van der Waals surface area contributed by atoms with Gasteiger partial charge in [-0.25, -0.2) is 4.79 Å². The fourth-order valence-electron chi connectivity index (χ4n) is 2.57. The van der Waals surface area contributed by atoms with Gasteiger partial charge in [0.25, 0.3) is 0 Å². The number of carbonyl (C=O) groups is 1. The van der Waals surface area contributed by atoms with Crippen LogP contribution >= 0.6 is 0 Å². The maximum Gasteiger partial charge on any atom is 0.339 e. The van der Waals surface area contributed by atoms with E-state index in [2.05, 4.69) is 22.2 Å². The molecular weight excluding hydrogens is 242 g/mol. The van der Waals surface area contributed by atoms with Gasteiger partial charge in [0.1, 0.15) is 5.56 Å². The highest BCUT2D eigenvalue weighted by Crippen LogP contribution is 2.19. The lowest BCUT2D eigenvalue weighted by atomic mass is 9.98. The van der Waals surface area contributed by atoms with Gasteiger partial charge in [-0.2, -0.15) is 0 Å². The first kappa shape index (κ1) is 13.8. The van der Waals surface area contributed by atoms with E-state index < -0.39 is 5.97 Å². The molecule has 0 aromatic carbocycles. The van der Waals surface area contributed by atoms with E-state index >= 15 is 0 Å². The van der Waals surface area contributed by atoms with E-state index in [9.17, 15) is 4.79 Å². The fourth-order valence-corrected chi connectivity index (χ4v) is 2.57. The first-order chi connectivity index (χ1) is 9.06. The number of likely N-dealkylation sites (tertiary alicyclic amines) is 1. The summed E-state index contributed by atoms with van der Waals surface area (Å²) in [5, 5.41) is 12.4. The molecule has 1 fully saturated rings. The Hall–Kier alpha value is -1.62. The smallest absolute Gasteiger partial charge is 0.339 e. The number of nitrogens with zero attached hydrogens (tertiary/aromatic N) is 2. The first-order valence-corrected chi connectivity index (χ1v) is 6.68. The minimum atomic E-state index is -0.934. The van der Waals surface area contributed by atoms with Crippen molar-refractivity contribution in [2.45, 2.75) is 19.8 Å². The molecule has 1 saturated heterocycles. The molecule has 5 nitrogen and oxygen atoms in total. The van der Waals surface area contributed by atoms with Crippen LogP contribution in [0.2, 0.25) is 0 Å². The number of rotatable bonds is 4. The molecule has 1 aliphatic heterocycles. The third kappa shape index (κ3) is 3.67. The molecular formula is C14H21N3O2. The van der Waals surface area contributed by atoms with Crippen molar-refractivity contribution >= 4 is 11.7 Å². The number of aromatic nitrogens is 1. The summed E-state index contributed by atoms with van der Waals surface area (Å²) in [6.07, 6.45) is 3.83. The second-order valence-electron chi connectivity index (χ2n) is 5.33. The van der Waals surface area contributed by atoms with Crippen molar-refractivity contribution in [2.75, 3.05) is 32.0 Å². The molecule has 19 heavy (non-hydrogen) atoms. The molecule has 0 spiro atoms. The van der Waals surface area contributed by atoms with Gasteiger partial charge < -0.3 is 15.3 Å². The van der Waals surface area contributed by atoms with E-state index in [1.807, 2.05) is 6.92 Å². The Morgan fingerprint density at radius 1 is 1.63 bits per heavy atom. The van der Waals surface area contributed by atoms with E-state index in [-0.39, 0.29) is 5.56 Å². The minimum Gasteiger partial charge on any atom is -0.478 e. The van der Waals surface area contributed by atoms with E-state index in [1.165, 1.54) is 19.0 Å². The number of nitrogens with one attached hydrogen (secondary N) is 1. The molecule has 1 atom stereocenters. The van der Waals surface area contributed by atoms with E-state index in [0.29, 0.717) is 11.6 Å². The average Bonchev–Trinajstić information content (AvgIpc) is 2.36. The first-order valence-electron chi connectivity index (χ1n) is 6.68. The summed E-state index contributed by atoms with van der Waals surface area (Å²) in [7, 11) is 2.13. The van der Waals surface area contributed by atoms with Gasteiger partial charge in [-0.3, -0.25) is 4.98 Å². The van der Waals surface area contributed by atoms with Crippen LogP contribution in [0, 0.1) is 12.8 Å². The lowest BCUT2D eigenvalue weighted by Crippen LogP contribution is -2.35. The molecule has 0 saturated carbocycles. The predicted molar refractivity (Wildman–Crippen MR) is 74.6 cm³/mol. The number of aromatic carboxylic acids is 1. The van der Waals surface area contributed by atoms with Crippen LogP contribution in [0.25, 0.3) is 0 Å². The molecule has 2 heterocycles. The molecule has 5 heteroatoms. The number of piperidine rings is 1. The monoisotopic (exact) mass is 263 g/mol. The fraction of sp³-hybridized carbons (Fsp3) is 0.571. The van der Waals surface area contributed by atoms with Crippen molar-refractivity contribution in [3.63, 3.8) is 0 Å². The van der Waals surface area contributed by atoms with Crippen LogP contribution in [-0.2, 0) is 0 Å². The Bertz CT molecular complexity index is 462. The molecule has 1 aliphatic rings. The van der Waals surface area contributed by atoms with Crippen molar-refractivity contribution < 1.29 is 9.90 Å². The van der Waals surface area contributed by atoms with Crippen molar-refractivity contribution in [1.82, 2.24) is 9.88 Å². The summed E-state index contributed by atoms with van der Waals surface area (Å²) in [5.41, 5.74) is 1.75. The SMILES string of the molecule is Cc1cc(NCC2CCCN(C)C2)c(C(=O)O)cn1.